The van der Waals surface area contributed by atoms with E-state index in [4.69, 9.17) is 11.6 Å². The molecular formula is C12H7ClN4O2. The number of fused-ring (bicyclic) bond motifs is 1. The van der Waals surface area contributed by atoms with Gasteiger partial charge in [-0.2, -0.15) is 0 Å². The van der Waals surface area contributed by atoms with Gasteiger partial charge >= 0.3 is 0 Å². The van der Waals surface area contributed by atoms with Crippen molar-refractivity contribution in [1.29, 1.82) is 0 Å². The molecule has 1 aromatic carbocycles. The lowest BCUT2D eigenvalue weighted by Gasteiger charge is -1.95. The number of hydrogen-bond acceptors (Lipinski definition) is 4. The first kappa shape index (κ1) is 11.6. The Bertz CT molecular complexity index is 767. The van der Waals surface area contributed by atoms with Gasteiger partial charge < -0.3 is 0 Å². The standard InChI is InChI=1S/C12H7ClN4O2/c13-12-14-6-5-11-15-10(7-16(11)12)8-1-3-9(4-2-8)17(18)19/h1-7H. The van der Waals surface area contributed by atoms with Crippen molar-refractivity contribution in [3.8, 4) is 11.3 Å². The van der Waals surface area contributed by atoms with Crippen LogP contribution in [0.2, 0.25) is 5.28 Å². The Labute approximate surface area is 112 Å². The highest BCUT2D eigenvalue weighted by atomic mass is 35.5. The van der Waals surface area contributed by atoms with Gasteiger partial charge in [-0.25, -0.2) is 9.97 Å². The molecule has 0 aliphatic heterocycles. The van der Waals surface area contributed by atoms with Gasteiger partial charge in [0.1, 0.15) is 5.65 Å². The molecule has 7 heteroatoms. The van der Waals surface area contributed by atoms with Crippen LogP contribution in [-0.2, 0) is 0 Å². The number of nitrogens with zero attached hydrogens (tertiary/aromatic N) is 4. The molecule has 2 heterocycles. The smallest absolute Gasteiger partial charge is 0.269 e. The molecule has 0 saturated heterocycles. The number of nitro groups is 1. The number of nitro benzene ring substituents is 1. The highest BCUT2D eigenvalue weighted by Crippen LogP contribution is 2.23. The number of rotatable bonds is 2. The van der Waals surface area contributed by atoms with Gasteiger partial charge in [0.25, 0.3) is 5.69 Å². The number of benzene rings is 1. The first-order valence-electron chi connectivity index (χ1n) is 5.39. The molecule has 0 N–H and O–H groups in total. The zero-order valence-corrected chi connectivity index (χ0v) is 10.3. The summed E-state index contributed by atoms with van der Waals surface area (Å²) in [6.07, 6.45) is 3.32. The topological polar surface area (TPSA) is 73.3 Å². The molecule has 0 spiro atoms. The quantitative estimate of drug-likeness (QED) is 0.409. The summed E-state index contributed by atoms with van der Waals surface area (Å²) in [5.74, 6) is 0. The van der Waals surface area contributed by atoms with Crippen LogP contribution in [0.1, 0.15) is 0 Å². The summed E-state index contributed by atoms with van der Waals surface area (Å²) >= 11 is 5.95. The summed E-state index contributed by atoms with van der Waals surface area (Å²) in [6, 6.07) is 7.93. The normalized spacial score (nSPS) is 10.8. The van der Waals surface area contributed by atoms with Crippen LogP contribution in [-0.4, -0.2) is 19.3 Å². The number of imidazole rings is 1. The Morgan fingerprint density at radius 2 is 1.95 bits per heavy atom. The summed E-state index contributed by atoms with van der Waals surface area (Å²) in [7, 11) is 0. The largest absolute Gasteiger partial charge is 0.274 e. The van der Waals surface area contributed by atoms with Crippen molar-refractivity contribution in [2.75, 3.05) is 0 Å². The fourth-order valence-corrected chi connectivity index (χ4v) is 1.97. The van der Waals surface area contributed by atoms with Crippen LogP contribution in [0.25, 0.3) is 16.9 Å². The summed E-state index contributed by atoms with van der Waals surface area (Å²) < 4.78 is 1.65. The van der Waals surface area contributed by atoms with Crippen molar-refractivity contribution in [2.45, 2.75) is 0 Å². The van der Waals surface area contributed by atoms with Crippen molar-refractivity contribution in [1.82, 2.24) is 14.4 Å². The molecule has 0 aliphatic rings. The molecule has 3 aromatic rings. The minimum atomic E-state index is -0.436. The summed E-state index contributed by atoms with van der Waals surface area (Å²) in [4.78, 5) is 18.5. The maximum Gasteiger partial charge on any atom is 0.269 e. The monoisotopic (exact) mass is 274 g/mol. The van der Waals surface area contributed by atoms with E-state index in [-0.39, 0.29) is 5.69 Å². The number of non-ortho nitro benzene ring substituents is 1. The maximum absolute atomic E-state index is 10.6. The molecule has 0 aliphatic carbocycles. The third-order valence-corrected chi connectivity index (χ3v) is 2.99. The van der Waals surface area contributed by atoms with Gasteiger partial charge in [-0.3, -0.25) is 14.5 Å². The van der Waals surface area contributed by atoms with Crippen molar-refractivity contribution < 1.29 is 4.92 Å². The van der Waals surface area contributed by atoms with Gasteiger partial charge in [0.05, 0.1) is 10.6 Å². The predicted molar refractivity (Wildman–Crippen MR) is 70.1 cm³/mol. The minimum absolute atomic E-state index is 0.0483. The minimum Gasteiger partial charge on any atom is -0.274 e. The fraction of sp³-hybridized carbons (Fsp3) is 0. The molecule has 19 heavy (non-hydrogen) atoms. The predicted octanol–water partition coefficient (Wildman–Crippen LogP) is 2.96. The van der Waals surface area contributed by atoms with Gasteiger partial charge in [0.2, 0.25) is 5.28 Å². The second-order valence-electron chi connectivity index (χ2n) is 3.87. The van der Waals surface area contributed by atoms with Gasteiger partial charge in [0.15, 0.2) is 0 Å². The zero-order chi connectivity index (χ0) is 13.4. The molecule has 0 radical (unpaired) electrons. The van der Waals surface area contributed by atoms with E-state index in [1.165, 1.54) is 12.1 Å². The van der Waals surface area contributed by atoms with Crippen molar-refractivity contribution in [3.05, 3.63) is 58.1 Å². The molecule has 0 bridgehead atoms. The first-order valence-corrected chi connectivity index (χ1v) is 5.77. The van der Waals surface area contributed by atoms with E-state index in [0.29, 0.717) is 16.6 Å². The van der Waals surface area contributed by atoms with Crippen LogP contribution in [0.5, 0.6) is 0 Å². The Hall–Kier alpha value is -2.47. The maximum atomic E-state index is 10.6. The van der Waals surface area contributed by atoms with Gasteiger partial charge in [-0.1, -0.05) is 0 Å². The molecule has 0 saturated carbocycles. The van der Waals surface area contributed by atoms with Crippen LogP contribution in [0.3, 0.4) is 0 Å². The van der Waals surface area contributed by atoms with E-state index in [1.807, 2.05) is 0 Å². The number of aromatic nitrogens is 3. The lowest BCUT2D eigenvalue weighted by molar-refractivity contribution is -0.384. The van der Waals surface area contributed by atoms with Crippen LogP contribution in [0.4, 0.5) is 5.69 Å². The molecular weight excluding hydrogens is 268 g/mol. The Balaban J connectivity index is 2.09. The van der Waals surface area contributed by atoms with Crippen molar-refractivity contribution in [2.24, 2.45) is 0 Å². The van der Waals surface area contributed by atoms with Crippen molar-refractivity contribution >= 4 is 22.9 Å². The Morgan fingerprint density at radius 3 is 2.58 bits per heavy atom. The van der Waals surface area contributed by atoms with E-state index < -0.39 is 4.92 Å². The fourth-order valence-electron chi connectivity index (χ4n) is 1.78. The highest BCUT2D eigenvalue weighted by Gasteiger charge is 2.09. The zero-order valence-electron chi connectivity index (χ0n) is 9.52. The SMILES string of the molecule is O=[N+]([O-])c1ccc(-c2cn3c(Cl)nccc3n2)cc1. The van der Waals surface area contributed by atoms with E-state index >= 15 is 0 Å². The average molecular weight is 275 g/mol. The van der Waals surface area contributed by atoms with Crippen LogP contribution in [0.15, 0.2) is 42.7 Å². The Morgan fingerprint density at radius 1 is 1.21 bits per heavy atom. The number of hydrogen-bond donors (Lipinski definition) is 0. The van der Waals surface area contributed by atoms with Gasteiger partial charge in [-0.15, -0.1) is 0 Å². The summed E-state index contributed by atoms with van der Waals surface area (Å²) in [5, 5.41) is 10.9. The first-order chi connectivity index (χ1) is 9.15. The van der Waals surface area contributed by atoms with E-state index in [0.717, 1.165) is 5.56 Å². The van der Waals surface area contributed by atoms with Crippen molar-refractivity contribution in [3.63, 3.8) is 0 Å². The van der Waals surface area contributed by atoms with Crippen LogP contribution in [0, 0.1) is 10.1 Å². The molecule has 0 unspecified atom stereocenters. The molecule has 0 fully saturated rings. The average Bonchev–Trinajstić information content (AvgIpc) is 2.84. The molecule has 2 aromatic heterocycles. The molecule has 0 atom stereocenters. The Kier molecular flexibility index (Phi) is 2.64. The van der Waals surface area contributed by atoms with E-state index in [2.05, 4.69) is 9.97 Å². The molecule has 6 nitrogen and oxygen atoms in total. The van der Waals surface area contributed by atoms with E-state index in [1.54, 1.807) is 35.0 Å². The molecule has 94 valence electrons. The van der Waals surface area contributed by atoms with Crippen LogP contribution >= 0.6 is 11.6 Å². The highest BCUT2D eigenvalue weighted by molar-refractivity contribution is 6.28. The molecule has 3 rings (SSSR count). The number of halogens is 1. The lowest BCUT2D eigenvalue weighted by Crippen LogP contribution is -1.87. The lowest BCUT2D eigenvalue weighted by atomic mass is 10.1. The summed E-state index contributed by atoms with van der Waals surface area (Å²) in [6.45, 7) is 0. The summed E-state index contributed by atoms with van der Waals surface area (Å²) in [5.41, 5.74) is 2.19. The third kappa shape index (κ3) is 2.02. The van der Waals surface area contributed by atoms with E-state index in [9.17, 15) is 10.1 Å². The van der Waals surface area contributed by atoms with Gasteiger partial charge in [0, 0.05) is 30.1 Å². The van der Waals surface area contributed by atoms with Gasteiger partial charge in [-0.05, 0) is 29.8 Å². The second-order valence-corrected chi connectivity index (χ2v) is 4.21. The molecule has 0 amide bonds. The van der Waals surface area contributed by atoms with Crippen LogP contribution < -0.4 is 0 Å². The second kappa shape index (κ2) is 4.33. The third-order valence-electron chi connectivity index (χ3n) is 2.71.